The number of amides is 3. The van der Waals surface area contributed by atoms with Gasteiger partial charge in [0.05, 0.1) is 5.56 Å². The molecule has 0 bridgehead atoms. The standard InChI is InChI=1S/C15H17ClFN3O2/c1-2-5-18-15(22)20-8-6-19(7-9-20)14(21)12-4-3-11(16)10-13(12)17/h2-4,10H,1,5-9H2,(H,18,22). The second-order valence-corrected chi connectivity index (χ2v) is 5.31. The van der Waals surface area contributed by atoms with Gasteiger partial charge in [-0.3, -0.25) is 4.79 Å². The molecule has 22 heavy (non-hydrogen) atoms. The van der Waals surface area contributed by atoms with Gasteiger partial charge in [0, 0.05) is 37.7 Å². The van der Waals surface area contributed by atoms with Gasteiger partial charge >= 0.3 is 6.03 Å². The van der Waals surface area contributed by atoms with Crippen LogP contribution in [0.15, 0.2) is 30.9 Å². The fourth-order valence-corrected chi connectivity index (χ4v) is 2.38. The lowest BCUT2D eigenvalue weighted by Gasteiger charge is -2.34. The largest absolute Gasteiger partial charge is 0.335 e. The Bertz CT molecular complexity index is 586. The van der Waals surface area contributed by atoms with Gasteiger partial charge in [-0.05, 0) is 18.2 Å². The van der Waals surface area contributed by atoms with Crippen molar-refractivity contribution in [2.24, 2.45) is 0 Å². The maximum atomic E-state index is 13.8. The highest BCUT2D eigenvalue weighted by Gasteiger charge is 2.26. The molecule has 1 heterocycles. The van der Waals surface area contributed by atoms with E-state index in [1.54, 1.807) is 11.0 Å². The van der Waals surface area contributed by atoms with Crippen LogP contribution in [0.5, 0.6) is 0 Å². The fourth-order valence-electron chi connectivity index (χ4n) is 2.22. The average molecular weight is 326 g/mol. The predicted molar refractivity (Wildman–Crippen MR) is 82.5 cm³/mol. The second-order valence-electron chi connectivity index (χ2n) is 4.88. The number of nitrogens with one attached hydrogen (secondary N) is 1. The zero-order valence-electron chi connectivity index (χ0n) is 12.0. The van der Waals surface area contributed by atoms with Crippen molar-refractivity contribution >= 4 is 23.5 Å². The molecule has 0 atom stereocenters. The lowest BCUT2D eigenvalue weighted by atomic mass is 10.1. The highest BCUT2D eigenvalue weighted by Crippen LogP contribution is 2.17. The molecule has 0 radical (unpaired) electrons. The monoisotopic (exact) mass is 325 g/mol. The minimum absolute atomic E-state index is 0.00559. The van der Waals surface area contributed by atoms with Gasteiger partial charge in [0.1, 0.15) is 5.82 Å². The summed E-state index contributed by atoms with van der Waals surface area (Å²) in [4.78, 5) is 27.2. The maximum Gasteiger partial charge on any atom is 0.317 e. The van der Waals surface area contributed by atoms with Crippen LogP contribution in [0, 0.1) is 5.82 Å². The van der Waals surface area contributed by atoms with Crippen LogP contribution in [0.2, 0.25) is 5.02 Å². The van der Waals surface area contributed by atoms with Crippen LogP contribution in [-0.2, 0) is 0 Å². The molecule has 118 valence electrons. The molecule has 5 nitrogen and oxygen atoms in total. The molecule has 1 N–H and O–H groups in total. The topological polar surface area (TPSA) is 52.7 Å². The number of carbonyl (C=O) groups is 2. The molecule has 0 aromatic heterocycles. The van der Waals surface area contributed by atoms with Crippen molar-refractivity contribution in [3.05, 3.63) is 47.3 Å². The van der Waals surface area contributed by atoms with Crippen molar-refractivity contribution in [2.45, 2.75) is 0 Å². The minimum Gasteiger partial charge on any atom is -0.335 e. The van der Waals surface area contributed by atoms with Gasteiger partial charge < -0.3 is 15.1 Å². The molecule has 1 aliphatic heterocycles. The van der Waals surface area contributed by atoms with Gasteiger partial charge in [-0.2, -0.15) is 0 Å². The second kappa shape index (κ2) is 7.26. The number of hydrogen-bond donors (Lipinski definition) is 1. The summed E-state index contributed by atoms with van der Waals surface area (Å²) in [6.45, 7) is 5.47. The molecule has 1 fully saturated rings. The third kappa shape index (κ3) is 3.76. The first-order valence-electron chi connectivity index (χ1n) is 6.91. The molecular weight excluding hydrogens is 309 g/mol. The van der Waals surface area contributed by atoms with Crippen LogP contribution in [-0.4, -0.2) is 54.5 Å². The van der Waals surface area contributed by atoms with Gasteiger partial charge in [0.15, 0.2) is 0 Å². The first-order chi connectivity index (χ1) is 10.5. The number of halogens is 2. The quantitative estimate of drug-likeness (QED) is 0.866. The van der Waals surface area contributed by atoms with Crippen LogP contribution < -0.4 is 5.32 Å². The van der Waals surface area contributed by atoms with Crippen molar-refractivity contribution in [1.29, 1.82) is 0 Å². The van der Waals surface area contributed by atoms with E-state index in [0.29, 0.717) is 32.7 Å². The third-order valence-electron chi connectivity index (χ3n) is 3.41. The smallest absolute Gasteiger partial charge is 0.317 e. The SMILES string of the molecule is C=CCNC(=O)N1CCN(C(=O)c2ccc(Cl)cc2F)CC1. The number of benzene rings is 1. The summed E-state index contributed by atoms with van der Waals surface area (Å²) in [6.07, 6.45) is 1.60. The first kappa shape index (κ1) is 16.3. The number of hydrogen-bond acceptors (Lipinski definition) is 2. The van der Waals surface area contributed by atoms with Gasteiger partial charge in [-0.15, -0.1) is 6.58 Å². The van der Waals surface area contributed by atoms with Crippen LogP contribution in [0.25, 0.3) is 0 Å². The highest BCUT2D eigenvalue weighted by molar-refractivity contribution is 6.30. The average Bonchev–Trinajstić information content (AvgIpc) is 2.52. The van der Waals surface area contributed by atoms with Crippen molar-refractivity contribution in [2.75, 3.05) is 32.7 Å². The molecule has 7 heteroatoms. The zero-order valence-corrected chi connectivity index (χ0v) is 12.8. The number of piperazine rings is 1. The minimum atomic E-state index is -0.636. The van der Waals surface area contributed by atoms with Crippen LogP contribution >= 0.6 is 11.6 Å². The molecule has 1 aromatic carbocycles. The fraction of sp³-hybridized carbons (Fsp3) is 0.333. The Balaban J connectivity index is 1.95. The third-order valence-corrected chi connectivity index (χ3v) is 3.65. The molecule has 1 aliphatic rings. The molecule has 0 spiro atoms. The molecular formula is C15H17ClFN3O2. The van der Waals surface area contributed by atoms with Gasteiger partial charge in [0.2, 0.25) is 0 Å². The first-order valence-corrected chi connectivity index (χ1v) is 7.28. The lowest BCUT2D eigenvalue weighted by Crippen LogP contribution is -2.53. The van der Waals surface area contributed by atoms with E-state index in [-0.39, 0.29) is 22.5 Å². The Hall–Kier alpha value is -2.08. The van der Waals surface area contributed by atoms with Crippen molar-refractivity contribution in [1.82, 2.24) is 15.1 Å². The van der Waals surface area contributed by atoms with E-state index >= 15 is 0 Å². The molecule has 3 amide bonds. The molecule has 2 rings (SSSR count). The van der Waals surface area contributed by atoms with Crippen LogP contribution in [0.1, 0.15) is 10.4 Å². The van der Waals surface area contributed by atoms with E-state index in [0.717, 1.165) is 6.07 Å². The number of nitrogens with zero attached hydrogens (tertiary/aromatic N) is 2. The Morgan fingerprint density at radius 2 is 1.91 bits per heavy atom. The van der Waals surface area contributed by atoms with Crippen molar-refractivity contribution in [3.8, 4) is 0 Å². The molecule has 0 saturated carbocycles. The van der Waals surface area contributed by atoms with E-state index in [1.165, 1.54) is 17.0 Å². The predicted octanol–water partition coefficient (Wildman–Crippen LogP) is 2.13. The zero-order chi connectivity index (χ0) is 16.1. The van der Waals surface area contributed by atoms with Gasteiger partial charge in [-0.25, -0.2) is 9.18 Å². The summed E-state index contributed by atoms with van der Waals surface area (Å²) in [7, 11) is 0. The van der Waals surface area contributed by atoms with Crippen LogP contribution in [0.4, 0.5) is 9.18 Å². The van der Waals surface area contributed by atoms with E-state index < -0.39 is 5.82 Å². The maximum absolute atomic E-state index is 13.8. The molecule has 0 unspecified atom stereocenters. The van der Waals surface area contributed by atoms with Gasteiger partial charge in [0.25, 0.3) is 5.91 Å². The van der Waals surface area contributed by atoms with Crippen molar-refractivity contribution < 1.29 is 14.0 Å². The lowest BCUT2D eigenvalue weighted by molar-refractivity contribution is 0.0661. The van der Waals surface area contributed by atoms with E-state index in [4.69, 9.17) is 11.6 Å². The normalized spacial score (nSPS) is 14.6. The van der Waals surface area contributed by atoms with Crippen molar-refractivity contribution in [3.63, 3.8) is 0 Å². The van der Waals surface area contributed by atoms with Crippen LogP contribution in [0.3, 0.4) is 0 Å². The van der Waals surface area contributed by atoms with Gasteiger partial charge in [-0.1, -0.05) is 17.7 Å². The number of rotatable bonds is 3. The summed E-state index contributed by atoms with van der Waals surface area (Å²) in [5.74, 6) is -1.02. The summed E-state index contributed by atoms with van der Waals surface area (Å²) in [6, 6.07) is 3.79. The molecule has 1 aromatic rings. The van der Waals surface area contributed by atoms with E-state index in [1.807, 2.05) is 0 Å². The summed E-state index contributed by atoms with van der Waals surface area (Å²) in [5, 5.41) is 2.93. The Labute approximate surface area is 133 Å². The Kier molecular flexibility index (Phi) is 5.38. The van der Waals surface area contributed by atoms with E-state index in [9.17, 15) is 14.0 Å². The summed E-state index contributed by atoms with van der Waals surface area (Å²) < 4.78 is 13.8. The number of carbonyl (C=O) groups excluding carboxylic acids is 2. The molecule has 1 saturated heterocycles. The highest BCUT2D eigenvalue weighted by atomic mass is 35.5. The Morgan fingerprint density at radius 3 is 2.50 bits per heavy atom. The number of urea groups is 1. The Morgan fingerprint density at radius 1 is 1.27 bits per heavy atom. The summed E-state index contributed by atoms with van der Waals surface area (Å²) in [5.41, 5.74) is -0.00559. The summed E-state index contributed by atoms with van der Waals surface area (Å²) >= 11 is 5.68. The van der Waals surface area contributed by atoms with E-state index in [2.05, 4.69) is 11.9 Å². The molecule has 0 aliphatic carbocycles.